The molecule has 6 amide bonds. The number of hydrogen-bond acceptors (Lipinski definition) is 9. The van der Waals surface area contributed by atoms with Gasteiger partial charge in [0.05, 0.1) is 11.8 Å². The third-order valence-electron chi connectivity index (χ3n) is 8.25. The Labute approximate surface area is 236 Å². The lowest BCUT2D eigenvalue weighted by molar-refractivity contribution is -0.201. The maximum Gasteiger partial charge on any atom is 0.336 e. The van der Waals surface area contributed by atoms with Crippen molar-refractivity contribution in [2.45, 2.75) is 64.2 Å². The van der Waals surface area contributed by atoms with Crippen LogP contribution in [0.3, 0.4) is 0 Å². The summed E-state index contributed by atoms with van der Waals surface area (Å²) in [5.41, 5.74) is 0. The molecule has 5 rings (SSSR count). The molecule has 0 radical (unpaired) electrons. The highest BCUT2D eigenvalue weighted by Crippen LogP contribution is 2.32. The van der Waals surface area contributed by atoms with E-state index in [0.717, 1.165) is 12.8 Å². The number of carboxylic acid groups (broad SMARTS) is 1. The van der Waals surface area contributed by atoms with Crippen molar-refractivity contribution in [2.75, 3.05) is 13.1 Å². The molecule has 13 nitrogen and oxygen atoms in total. The predicted molar refractivity (Wildman–Crippen MR) is 137 cm³/mol. The first-order valence-corrected chi connectivity index (χ1v) is 13.9. The average molecular weight is 572 g/mol. The zero-order chi connectivity index (χ0) is 29.7. The van der Waals surface area contributed by atoms with Crippen molar-refractivity contribution in [3.63, 3.8) is 0 Å². The lowest BCUT2D eigenvalue weighted by Gasteiger charge is -2.29. The van der Waals surface area contributed by atoms with Crippen molar-refractivity contribution < 1.29 is 48.3 Å². The van der Waals surface area contributed by atoms with Gasteiger partial charge in [-0.15, -0.1) is 5.06 Å². The van der Waals surface area contributed by atoms with Gasteiger partial charge in [0.2, 0.25) is 0 Å². The molecule has 0 aromatic carbocycles. The van der Waals surface area contributed by atoms with Gasteiger partial charge in [-0.05, 0) is 63.2 Å². The van der Waals surface area contributed by atoms with Crippen molar-refractivity contribution in [3.05, 3.63) is 24.3 Å². The van der Waals surface area contributed by atoms with Crippen LogP contribution in [0.15, 0.2) is 24.3 Å². The van der Waals surface area contributed by atoms with E-state index in [0.29, 0.717) is 56.7 Å². The first-order valence-electron chi connectivity index (χ1n) is 13.9. The largest absolute Gasteiger partial charge is 0.481 e. The second kappa shape index (κ2) is 13.0. The highest BCUT2D eigenvalue weighted by Gasteiger charge is 2.37. The molecule has 1 N–H and O–H groups in total. The van der Waals surface area contributed by atoms with Crippen LogP contribution in [-0.2, 0) is 43.2 Å². The Morgan fingerprint density at radius 2 is 1.00 bits per heavy atom. The van der Waals surface area contributed by atoms with Crippen LogP contribution in [-0.4, -0.2) is 80.4 Å². The molecule has 0 unspecified atom stereocenters. The number of hydrogen-bond donors (Lipinski definition) is 1. The summed E-state index contributed by atoms with van der Waals surface area (Å²) in [7, 11) is 0. The quantitative estimate of drug-likeness (QED) is 0.436. The second-order valence-electron chi connectivity index (χ2n) is 11.0. The van der Waals surface area contributed by atoms with Crippen LogP contribution in [0.4, 0.5) is 0 Å². The molecule has 3 aliphatic heterocycles. The summed E-state index contributed by atoms with van der Waals surface area (Å²) >= 11 is 0. The molecule has 41 heavy (non-hydrogen) atoms. The summed E-state index contributed by atoms with van der Waals surface area (Å²) in [6.07, 6.45) is 10.5. The fraction of sp³-hybridized carbons (Fsp3) is 0.571. The van der Waals surface area contributed by atoms with Gasteiger partial charge in [-0.25, -0.2) is 4.79 Å². The Kier molecular flexibility index (Phi) is 9.46. The third-order valence-corrected chi connectivity index (χ3v) is 8.25. The Bertz CT molecular complexity index is 1140. The van der Waals surface area contributed by atoms with E-state index in [1.165, 1.54) is 34.1 Å². The number of amides is 6. The Balaban J connectivity index is 0.000000201. The van der Waals surface area contributed by atoms with Crippen LogP contribution < -0.4 is 0 Å². The molecule has 5 aliphatic rings. The van der Waals surface area contributed by atoms with Gasteiger partial charge in [-0.3, -0.25) is 43.4 Å². The fourth-order valence-electron chi connectivity index (χ4n) is 5.73. The highest BCUT2D eigenvalue weighted by atomic mass is 16.7. The maximum atomic E-state index is 12.1. The smallest absolute Gasteiger partial charge is 0.336 e. The normalized spacial score (nSPS) is 28.0. The number of carboxylic acids is 1. The fourth-order valence-corrected chi connectivity index (χ4v) is 5.73. The Morgan fingerprint density at radius 1 is 0.634 bits per heavy atom. The summed E-state index contributed by atoms with van der Waals surface area (Å²) in [5, 5.41) is 9.44. The van der Waals surface area contributed by atoms with Gasteiger partial charge in [0.15, 0.2) is 0 Å². The maximum absolute atomic E-state index is 12.1. The Morgan fingerprint density at radius 3 is 1.37 bits per heavy atom. The zero-order valence-electron chi connectivity index (χ0n) is 22.6. The average Bonchev–Trinajstić information content (AvgIpc) is 3.57. The summed E-state index contributed by atoms with van der Waals surface area (Å²) < 4.78 is 0. The second-order valence-corrected chi connectivity index (χ2v) is 11.0. The standard InChI is InChI=1S/C16H18N2O6.C12H15NO4/c19-12-5-6-13(20)17(12)9-10-1-3-11(4-2-10)16(23)24-18-14(21)7-8-15(18)22;14-10-5-6-11(15)13(10)7-8-1-3-9(4-2-8)12(16)17/h5-6,10-11H,1-4,7-9H2;5-6,8-9H,1-4,7H2,(H,16,17). The number of rotatable bonds is 7. The van der Waals surface area contributed by atoms with Crippen molar-refractivity contribution in [2.24, 2.45) is 23.7 Å². The van der Waals surface area contributed by atoms with E-state index in [4.69, 9.17) is 9.94 Å². The minimum atomic E-state index is -0.738. The molecule has 3 heterocycles. The number of hydroxylamine groups is 2. The zero-order valence-corrected chi connectivity index (χ0v) is 22.6. The van der Waals surface area contributed by atoms with Gasteiger partial charge in [0.25, 0.3) is 35.4 Å². The Hall–Kier alpha value is -4.16. The lowest BCUT2D eigenvalue weighted by Crippen LogP contribution is -2.38. The van der Waals surface area contributed by atoms with E-state index in [1.807, 2.05) is 0 Å². The predicted octanol–water partition coefficient (Wildman–Crippen LogP) is 1.13. The van der Waals surface area contributed by atoms with Crippen LogP contribution in [0.5, 0.6) is 0 Å². The van der Waals surface area contributed by atoms with Crippen LogP contribution in [0.2, 0.25) is 0 Å². The molecule has 3 fully saturated rings. The number of carbonyl (C=O) groups is 8. The van der Waals surface area contributed by atoms with Crippen molar-refractivity contribution in [3.8, 4) is 0 Å². The van der Waals surface area contributed by atoms with Crippen molar-refractivity contribution in [1.29, 1.82) is 0 Å². The SMILES string of the molecule is O=C(O)C1CCC(CN2C(=O)C=CC2=O)CC1.O=C(ON1C(=O)CCC1=O)C1CCC(CN2C(=O)C=CC2=O)CC1. The van der Waals surface area contributed by atoms with Gasteiger partial charge in [-0.2, -0.15) is 0 Å². The van der Waals surface area contributed by atoms with E-state index in [1.54, 1.807) is 0 Å². The van der Waals surface area contributed by atoms with Gasteiger partial charge in [0.1, 0.15) is 0 Å². The van der Waals surface area contributed by atoms with Gasteiger partial charge in [0, 0.05) is 50.2 Å². The molecule has 220 valence electrons. The molecule has 0 spiro atoms. The third kappa shape index (κ3) is 7.33. The molecule has 0 aromatic rings. The minimum Gasteiger partial charge on any atom is -0.481 e. The van der Waals surface area contributed by atoms with Gasteiger partial charge in [-0.1, -0.05) is 0 Å². The molecular weight excluding hydrogens is 538 g/mol. The van der Waals surface area contributed by atoms with Crippen molar-refractivity contribution >= 4 is 47.4 Å². The number of aliphatic carboxylic acids is 1. The number of carbonyl (C=O) groups excluding carboxylic acids is 7. The topological polar surface area (TPSA) is 176 Å². The van der Waals surface area contributed by atoms with Crippen LogP contribution in [0.25, 0.3) is 0 Å². The molecule has 1 saturated heterocycles. The van der Waals surface area contributed by atoms with Crippen molar-refractivity contribution in [1.82, 2.24) is 14.9 Å². The molecule has 13 heteroatoms. The highest BCUT2D eigenvalue weighted by molar-refractivity contribution is 6.13. The molecule has 2 aliphatic carbocycles. The molecule has 0 atom stereocenters. The molecule has 2 saturated carbocycles. The summed E-state index contributed by atoms with van der Waals surface area (Å²) in [6.45, 7) is 0.784. The first kappa shape index (κ1) is 29.8. The van der Waals surface area contributed by atoms with E-state index in [2.05, 4.69) is 0 Å². The summed E-state index contributed by atoms with van der Waals surface area (Å²) in [4.78, 5) is 99.0. The lowest BCUT2D eigenvalue weighted by atomic mass is 9.82. The molecular formula is C28H33N3O10. The minimum absolute atomic E-state index is 0.0742. The van der Waals surface area contributed by atoms with E-state index in [-0.39, 0.29) is 60.1 Å². The molecule has 0 bridgehead atoms. The van der Waals surface area contributed by atoms with Crippen LogP contribution in [0.1, 0.15) is 64.2 Å². The van der Waals surface area contributed by atoms with Gasteiger partial charge < -0.3 is 9.94 Å². The number of nitrogens with zero attached hydrogens (tertiary/aromatic N) is 3. The summed E-state index contributed by atoms with van der Waals surface area (Å²) in [6, 6.07) is 0. The first-order chi connectivity index (χ1) is 19.5. The van der Waals surface area contributed by atoms with Crippen LogP contribution in [0, 0.1) is 23.7 Å². The van der Waals surface area contributed by atoms with Gasteiger partial charge >= 0.3 is 11.9 Å². The van der Waals surface area contributed by atoms with Crippen LogP contribution >= 0.6 is 0 Å². The summed E-state index contributed by atoms with van der Waals surface area (Å²) in [5.74, 6) is -3.60. The van der Waals surface area contributed by atoms with E-state index < -0.39 is 23.8 Å². The molecule has 0 aromatic heterocycles. The van der Waals surface area contributed by atoms with E-state index in [9.17, 15) is 38.4 Å². The number of imide groups is 3. The van der Waals surface area contributed by atoms with E-state index >= 15 is 0 Å². The monoisotopic (exact) mass is 571 g/mol.